The fourth-order valence-corrected chi connectivity index (χ4v) is 2.87. The Hall–Kier alpha value is -1.45. The molecule has 2 N–H and O–H groups in total. The van der Waals surface area contributed by atoms with Crippen LogP contribution in [-0.4, -0.2) is 28.0 Å². The summed E-state index contributed by atoms with van der Waals surface area (Å²) in [6, 6.07) is 2.13. The first-order chi connectivity index (χ1) is 8.52. The van der Waals surface area contributed by atoms with Crippen molar-refractivity contribution >= 4 is 11.6 Å². The maximum Gasteiger partial charge on any atom is 0.270 e. The third-order valence-electron chi connectivity index (χ3n) is 3.65. The summed E-state index contributed by atoms with van der Waals surface area (Å²) in [5, 5.41) is 0. The number of nitrogens with zero attached hydrogens (tertiary/aromatic N) is 2. The average Bonchev–Trinajstić information content (AvgIpc) is 2.82. The first kappa shape index (κ1) is 13.0. The van der Waals surface area contributed by atoms with E-state index in [-0.39, 0.29) is 5.91 Å². The molecule has 1 amide bonds. The molecule has 0 aliphatic carbocycles. The van der Waals surface area contributed by atoms with Gasteiger partial charge in [-0.2, -0.15) is 0 Å². The smallest absolute Gasteiger partial charge is 0.270 e. The Balaban J connectivity index is 2.23. The van der Waals surface area contributed by atoms with Crippen LogP contribution >= 0.6 is 0 Å². The summed E-state index contributed by atoms with van der Waals surface area (Å²) in [4.78, 5) is 14.5. The van der Waals surface area contributed by atoms with Crippen LogP contribution in [0.1, 0.15) is 44.1 Å². The van der Waals surface area contributed by atoms with E-state index < -0.39 is 0 Å². The molecule has 1 aliphatic heterocycles. The molecule has 0 bridgehead atoms. The number of nitrogen functional groups attached to an aromatic ring is 1. The van der Waals surface area contributed by atoms with Crippen LogP contribution in [0.5, 0.6) is 0 Å². The van der Waals surface area contributed by atoms with Crippen molar-refractivity contribution in [3.8, 4) is 0 Å². The Morgan fingerprint density at radius 1 is 1.50 bits per heavy atom. The molecular weight excluding hydrogens is 226 g/mol. The SMILES string of the molecule is CCCn1cc(N)cc1C(=O)N1CC(C)CC1C. The zero-order valence-corrected chi connectivity index (χ0v) is 11.5. The molecule has 2 unspecified atom stereocenters. The van der Waals surface area contributed by atoms with Crippen LogP contribution in [0.15, 0.2) is 12.3 Å². The topological polar surface area (TPSA) is 51.3 Å². The molecule has 1 aliphatic rings. The highest BCUT2D eigenvalue weighted by Crippen LogP contribution is 2.25. The quantitative estimate of drug-likeness (QED) is 0.894. The lowest BCUT2D eigenvalue weighted by atomic mass is 10.1. The van der Waals surface area contributed by atoms with Gasteiger partial charge in [-0.1, -0.05) is 13.8 Å². The molecule has 1 saturated heterocycles. The molecule has 2 heterocycles. The number of amides is 1. The van der Waals surface area contributed by atoms with Crippen molar-refractivity contribution in [1.29, 1.82) is 0 Å². The molecule has 2 rings (SSSR count). The van der Waals surface area contributed by atoms with E-state index in [4.69, 9.17) is 5.73 Å². The third-order valence-corrected chi connectivity index (χ3v) is 3.65. The van der Waals surface area contributed by atoms with Crippen LogP contribution in [-0.2, 0) is 6.54 Å². The second kappa shape index (κ2) is 5.04. The minimum absolute atomic E-state index is 0.122. The molecule has 0 aromatic carbocycles. The maximum absolute atomic E-state index is 12.6. The molecule has 4 nitrogen and oxygen atoms in total. The highest BCUT2D eigenvalue weighted by Gasteiger charge is 2.31. The average molecular weight is 249 g/mol. The zero-order chi connectivity index (χ0) is 13.3. The van der Waals surface area contributed by atoms with Gasteiger partial charge in [0.1, 0.15) is 5.69 Å². The molecule has 1 aromatic rings. The summed E-state index contributed by atoms with van der Waals surface area (Å²) in [5.74, 6) is 0.716. The summed E-state index contributed by atoms with van der Waals surface area (Å²) in [6.45, 7) is 8.12. The fraction of sp³-hybridized carbons (Fsp3) is 0.643. The van der Waals surface area contributed by atoms with Gasteiger partial charge in [0.15, 0.2) is 0 Å². The van der Waals surface area contributed by atoms with E-state index in [1.54, 1.807) is 6.07 Å². The van der Waals surface area contributed by atoms with E-state index in [9.17, 15) is 4.79 Å². The van der Waals surface area contributed by atoms with E-state index >= 15 is 0 Å². The molecule has 4 heteroatoms. The van der Waals surface area contributed by atoms with Crippen LogP contribution < -0.4 is 5.73 Å². The number of hydrogen-bond donors (Lipinski definition) is 1. The van der Waals surface area contributed by atoms with Crippen LogP contribution in [0.3, 0.4) is 0 Å². The third kappa shape index (κ3) is 2.37. The largest absolute Gasteiger partial charge is 0.397 e. The van der Waals surface area contributed by atoms with Gasteiger partial charge < -0.3 is 15.2 Å². The molecule has 1 aromatic heterocycles. The minimum Gasteiger partial charge on any atom is -0.397 e. The van der Waals surface area contributed by atoms with Crippen LogP contribution in [0.25, 0.3) is 0 Å². The van der Waals surface area contributed by atoms with Crippen LogP contribution in [0, 0.1) is 5.92 Å². The standard InChI is InChI=1S/C14H23N3O/c1-4-5-16-9-12(15)7-13(16)14(18)17-8-10(2)6-11(17)3/h7,9-11H,4-6,8,15H2,1-3H3. The Morgan fingerprint density at radius 2 is 2.22 bits per heavy atom. The number of aryl methyl sites for hydroxylation is 1. The molecule has 1 fully saturated rings. The fourth-order valence-electron chi connectivity index (χ4n) is 2.87. The van der Waals surface area contributed by atoms with Crippen molar-refractivity contribution in [2.24, 2.45) is 5.92 Å². The van der Waals surface area contributed by atoms with Crippen molar-refractivity contribution in [3.05, 3.63) is 18.0 Å². The lowest BCUT2D eigenvalue weighted by Crippen LogP contribution is -2.35. The Labute approximate surface area is 109 Å². The molecule has 18 heavy (non-hydrogen) atoms. The first-order valence-corrected chi connectivity index (χ1v) is 6.79. The van der Waals surface area contributed by atoms with Crippen molar-refractivity contribution in [3.63, 3.8) is 0 Å². The van der Waals surface area contributed by atoms with E-state index in [0.29, 0.717) is 17.6 Å². The Morgan fingerprint density at radius 3 is 2.78 bits per heavy atom. The molecule has 0 spiro atoms. The second-order valence-corrected chi connectivity index (χ2v) is 5.50. The normalized spacial score (nSPS) is 23.6. The lowest BCUT2D eigenvalue weighted by Gasteiger charge is -2.22. The zero-order valence-electron chi connectivity index (χ0n) is 11.5. The number of anilines is 1. The maximum atomic E-state index is 12.6. The van der Waals surface area contributed by atoms with Crippen molar-refractivity contribution in [1.82, 2.24) is 9.47 Å². The monoisotopic (exact) mass is 249 g/mol. The van der Waals surface area contributed by atoms with Gasteiger partial charge in [0, 0.05) is 25.3 Å². The van der Waals surface area contributed by atoms with Crippen LogP contribution in [0.2, 0.25) is 0 Å². The summed E-state index contributed by atoms with van der Waals surface area (Å²) in [6.07, 6.45) is 3.96. The minimum atomic E-state index is 0.122. The number of carbonyl (C=O) groups is 1. The summed E-state index contributed by atoms with van der Waals surface area (Å²) in [7, 11) is 0. The van der Waals surface area contributed by atoms with Crippen molar-refractivity contribution in [2.45, 2.75) is 46.2 Å². The van der Waals surface area contributed by atoms with E-state index in [0.717, 1.165) is 31.6 Å². The van der Waals surface area contributed by atoms with Gasteiger partial charge >= 0.3 is 0 Å². The number of likely N-dealkylation sites (tertiary alicyclic amines) is 1. The summed E-state index contributed by atoms with van der Waals surface area (Å²) < 4.78 is 1.98. The highest BCUT2D eigenvalue weighted by molar-refractivity contribution is 5.94. The number of hydrogen-bond acceptors (Lipinski definition) is 2. The first-order valence-electron chi connectivity index (χ1n) is 6.79. The number of nitrogens with two attached hydrogens (primary N) is 1. The van der Waals surface area contributed by atoms with Gasteiger partial charge in [-0.05, 0) is 31.7 Å². The van der Waals surface area contributed by atoms with Crippen LogP contribution in [0.4, 0.5) is 5.69 Å². The number of rotatable bonds is 3. The molecule has 2 atom stereocenters. The van der Waals surface area contributed by atoms with E-state index in [1.807, 2.05) is 15.7 Å². The van der Waals surface area contributed by atoms with Gasteiger partial charge in [-0.15, -0.1) is 0 Å². The van der Waals surface area contributed by atoms with E-state index in [1.165, 1.54) is 0 Å². The lowest BCUT2D eigenvalue weighted by molar-refractivity contribution is 0.0732. The Kier molecular flexibility index (Phi) is 3.64. The summed E-state index contributed by atoms with van der Waals surface area (Å²) in [5.41, 5.74) is 7.22. The van der Waals surface area contributed by atoms with Crippen molar-refractivity contribution in [2.75, 3.05) is 12.3 Å². The molecule has 100 valence electrons. The summed E-state index contributed by atoms with van der Waals surface area (Å²) >= 11 is 0. The van der Waals surface area contributed by atoms with Gasteiger partial charge in [0.25, 0.3) is 5.91 Å². The number of aromatic nitrogens is 1. The second-order valence-electron chi connectivity index (χ2n) is 5.50. The molecular formula is C14H23N3O. The predicted octanol–water partition coefficient (Wildman–Crippen LogP) is 2.35. The molecule has 0 radical (unpaired) electrons. The Bertz CT molecular complexity index is 438. The van der Waals surface area contributed by atoms with Gasteiger partial charge in [-0.25, -0.2) is 0 Å². The predicted molar refractivity (Wildman–Crippen MR) is 73.4 cm³/mol. The highest BCUT2D eigenvalue weighted by atomic mass is 16.2. The molecule has 0 saturated carbocycles. The number of carbonyl (C=O) groups excluding carboxylic acids is 1. The van der Waals surface area contributed by atoms with Gasteiger partial charge in [0.2, 0.25) is 0 Å². The van der Waals surface area contributed by atoms with Crippen molar-refractivity contribution < 1.29 is 4.79 Å². The van der Waals surface area contributed by atoms with Gasteiger partial charge in [-0.3, -0.25) is 4.79 Å². The van der Waals surface area contributed by atoms with E-state index in [2.05, 4.69) is 20.8 Å². The van der Waals surface area contributed by atoms with Gasteiger partial charge in [0.05, 0.1) is 5.69 Å².